The molecule has 0 bridgehead atoms. The van der Waals surface area contributed by atoms with E-state index >= 15 is 0 Å². The molecule has 1 aromatic heterocycles. The van der Waals surface area contributed by atoms with E-state index in [9.17, 15) is 8.42 Å². The lowest BCUT2D eigenvalue weighted by molar-refractivity contribution is 0.466. The highest BCUT2D eigenvalue weighted by Gasteiger charge is 2.03. The molecule has 0 saturated heterocycles. The predicted molar refractivity (Wildman–Crippen MR) is 38.2 cm³/mol. The number of hydrogen-bond donors (Lipinski definition) is 2. The minimum atomic E-state index is -4.17. The lowest BCUT2D eigenvalue weighted by atomic mass is 10.6. The van der Waals surface area contributed by atoms with Gasteiger partial charge in [-0.2, -0.15) is 13.1 Å². The second kappa shape index (κ2) is 3.52. The molecule has 0 atom stereocenters. The van der Waals surface area contributed by atoms with E-state index in [0.717, 1.165) is 0 Å². The molecule has 0 unspecified atom stereocenters. The van der Waals surface area contributed by atoms with Crippen molar-refractivity contribution in [3.05, 3.63) is 18.5 Å². The average Bonchev–Trinajstić information content (AvgIpc) is 2.02. The molecule has 0 spiro atoms. The van der Waals surface area contributed by atoms with Crippen LogP contribution in [-0.2, 0) is 16.8 Å². The van der Waals surface area contributed by atoms with Crippen LogP contribution in [0.25, 0.3) is 0 Å². The van der Waals surface area contributed by atoms with E-state index in [0.29, 0.717) is 0 Å². The molecule has 0 radical (unpaired) electrons. The van der Waals surface area contributed by atoms with E-state index in [1.165, 1.54) is 12.7 Å². The molecule has 0 aliphatic heterocycles. The fraction of sp³-hybridized carbons (Fsp3) is 0.250. The van der Waals surface area contributed by atoms with Crippen LogP contribution in [0.1, 0.15) is 5.82 Å². The van der Waals surface area contributed by atoms with Gasteiger partial charge in [-0.1, -0.05) is 0 Å². The molecular weight excluding hydrogens is 184 g/mol. The van der Waals surface area contributed by atoms with Crippen molar-refractivity contribution in [2.75, 3.05) is 0 Å². The molecule has 0 aliphatic carbocycles. The summed E-state index contributed by atoms with van der Waals surface area (Å²) in [5.41, 5.74) is 0. The molecule has 0 amide bonds. The van der Waals surface area contributed by atoms with E-state index in [4.69, 9.17) is 4.55 Å². The van der Waals surface area contributed by atoms with E-state index in [2.05, 4.69) is 15.0 Å². The second-order valence-electron chi connectivity index (χ2n) is 1.85. The van der Waals surface area contributed by atoms with Crippen LogP contribution in [-0.4, -0.2) is 27.9 Å². The van der Waals surface area contributed by atoms with Crippen LogP contribution in [0.2, 0.25) is 0 Å². The number of hydrogen-bond acceptors (Lipinski definition) is 5. The van der Waals surface area contributed by atoms with Crippen LogP contribution in [0.4, 0.5) is 0 Å². The third kappa shape index (κ3) is 3.32. The molecule has 2 N–H and O–H groups in total. The average molecular weight is 190 g/mol. The Kier molecular flexibility index (Phi) is 2.63. The topological polar surface area (TPSA) is 105 Å². The van der Waals surface area contributed by atoms with Crippen molar-refractivity contribution in [3.8, 4) is 0 Å². The molecule has 66 valence electrons. The summed E-state index contributed by atoms with van der Waals surface area (Å²) in [6, 6.07) is 0. The lowest BCUT2D eigenvalue weighted by Gasteiger charge is -1.97. The molecular formula is C4H6N4O3S. The van der Waals surface area contributed by atoms with Crippen molar-refractivity contribution in [2.45, 2.75) is 6.54 Å². The molecule has 0 saturated carbocycles. The van der Waals surface area contributed by atoms with Crippen molar-refractivity contribution in [2.24, 2.45) is 0 Å². The van der Waals surface area contributed by atoms with Gasteiger partial charge >= 0.3 is 10.3 Å². The summed E-state index contributed by atoms with van der Waals surface area (Å²) < 4.78 is 30.4. The largest absolute Gasteiger partial charge is 0.333 e. The normalized spacial score (nSPS) is 11.4. The van der Waals surface area contributed by atoms with Crippen molar-refractivity contribution < 1.29 is 13.0 Å². The van der Waals surface area contributed by atoms with Gasteiger partial charge in [0, 0.05) is 0 Å². The number of nitrogens with zero attached hydrogens (tertiary/aromatic N) is 3. The van der Waals surface area contributed by atoms with Crippen LogP contribution < -0.4 is 4.72 Å². The second-order valence-corrected chi connectivity index (χ2v) is 3.09. The first-order valence-electron chi connectivity index (χ1n) is 2.91. The highest BCUT2D eigenvalue weighted by molar-refractivity contribution is 7.83. The summed E-state index contributed by atoms with van der Waals surface area (Å²) in [7, 11) is -4.17. The van der Waals surface area contributed by atoms with Gasteiger partial charge in [-0.3, -0.25) is 4.55 Å². The van der Waals surface area contributed by atoms with Crippen molar-refractivity contribution in [1.29, 1.82) is 0 Å². The Hall–Kier alpha value is -1.12. The maximum Gasteiger partial charge on any atom is 0.333 e. The molecule has 0 aromatic carbocycles. The maximum atomic E-state index is 10.2. The van der Waals surface area contributed by atoms with Gasteiger partial charge in [0.25, 0.3) is 0 Å². The zero-order chi connectivity index (χ0) is 9.03. The van der Waals surface area contributed by atoms with E-state index in [-0.39, 0.29) is 12.4 Å². The maximum absolute atomic E-state index is 10.2. The monoisotopic (exact) mass is 190 g/mol. The molecule has 0 aliphatic rings. The molecule has 0 fully saturated rings. The van der Waals surface area contributed by atoms with Gasteiger partial charge in [0.1, 0.15) is 18.5 Å². The number of aromatic nitrogens is 3. The number of nitrogens with one attached hydrogen (secondary N) is 1. The van der Waals surface area contributed by atoms with E-state index in [1.807, 2.05) is 4.72 Å². The fourth-order valence-electron chi connectivity index (χ4n) is 0.510. The standard InChI is InChI=1S/C4H6N4O3S/c9-12(10,11)8-1-4-6-2-5-3-7-4/h2-3,8H,1H2,(H,9,10,11). The summed E-state index contributed by atoms with van der Waals surface area (Å²) in [5, 5.41) is 0. The van der Waals surface area contributed by atoms with Crippen LogP contribution in [0.15, 0.2) is 12.7 Å². The van der Waals surface area contributed by atoms with Crippen molar-refractivity contribution in [1.82, 2.24) is 19.7 Å². The van der Waals surface area contributed by atoms with Crippen LogP contribution in [0, 0.1) is 0 Å². The SMILES string of the molecule is O=S(=O)(O)NCc1ncncn1. The Morgan fingerprint density at radius 1 is 1.42 bits per heavy atom. The van der Waals surface area contributed by atoms with Crippen LogP contribution >= 0.6 is 0 Å². The fourth-order valence-corrected chi connectivity index (χ4v) is 0.822. The van der Waals surface area contributed by atoms with Gasteiger partial charge in [-0.15, -0.1) is 0 Å². The molecule has 1 rings (SSSR count). The Morgan fingerprint density at radius 3 is 2.50 bits per heavy atom. The quantitative estimate of drug-likeness (QED) is 0.578. The van der Waals surface area contributed by atoms with Crippen molar-refractivity contribution in [3.63, 3.8) is 0 Å². The van der Waals surface area contributed by atoms with Gasteiger partial charge in [-0.25, -0.2) is 15.0 Å². The summed E-state index contributed by atoms with van der Waals surface area (Å²) in [4.78, 5) is 10.8. The van der Waals surface area contributed by atoms with E-state index in [1.54, 1.807) is 0 Å². The minimum Gasteiger partial charge on any atom is -0.273 e. The Balaban J connectivity index is 2.56. The predicted octanol–water partition coefficient (Wildman–Crippen LogP) is -1.24. The van der Waals surface area contributed by atoms with Gasteiger partial charge in [0.05, 0.1) is 6.54 Å². The van der Waals surface area contributed by atoms with Gasteiger partial charge < -0.3 is 0 Å². The molecule has 12 heavy (non-hydrogen) atoms. The van der Waals surface area contributed by atoms with Gasteiger partial charge in [0.15, 0.2) is 0 Å². The first kappa shape index (κ1) is 8.97. The Morgan fingerprint density at radius 2 is 2.00 bits per heavy atom. The molecule has 1 heterocycles. The highest BCUT2D eigenvalue weighted by Crippen LogP contribution is 1.84. The summed E-state index contributed by atoms with van der Waals surface area (Å²) in [6.07, 6.45) is 2.46. The van der Waals surface area contributed by atoms with E-state index < -0.39 is 10.3 Å². The lowest BCUT2D eigenvalue weighted by Crippen LogP contribution is -2.22. The van der Waals surface area contributed by atoms with Crippen LogP contribution in [0.3, 0.4) is 0 Å². The Labute approximate surface area is 68.8 Å². The number of rotatable bonds is 3. The van der Waals surface area contributed by atoms with Crippen LogP contribution in [0.5, 0.6) is 0 Å². The summed E-state index contributed by atoms with van der Waals surface area (Å²) >= 11 is 0. The van der Waals surface area contributed by atoms with Gasteiger partial charge in [0.2, 0.25) is 0 Å². The summed E-state index contributed by atoms with van der Waals surface area (Å²) in [6.45, 7) is -0.151. The summed E-state index contributed by atoms with van der Waals surface area (Å²) in [5.74, 6) is 0.239. The van der Waals surface area contributed by atoms with Gasteiger partial charge in [-0.05, 0) is 0 Å². The minimum absolute atomic E-state index is 0.151. The third-order valence-corrected chi connectivity index (χ3v) is 1.47. The Bertz CT molecular complexity index is 337. The van der Waals surface area contributed by atoms with Crippen molar-refractivity contribution >= 4 is 10.3 Å². The molecule has 8 heteroatoms. The molecule has 1 aromatic rings. The first-order valence-corrected chi connectivity index (χ1v) is 4.35. The zero-order valence-electron chi connectivity index (χ0n) is 5.88. The third-order valence-electron chi connectivity index (χ3n) is 0.960. The zero-order valence-corrected chi connectivity index (χ0v) is 6.69. The highest BCUT2D eigenvalue weighted by atomic mass is 32.2. The smallest absolute Gasteiger partial charge is 0.273 e. The first-order chi connectivity index (χ1) is 5.58. The molecule has 7 nitrogen and oxygen atoms in total.